The summed E-state index contributed by atoms with van der Waals surface area (Å²) in [5.74, 6) is 4.07. The van der Waals surface area contributed by atoms with Crippen molar-refractivity contribution < 1.29 is 14.6 Å². The van der Waals surface area contributed by atoms with Crippen LogP contribution in [0.25, 0.3) is 0 Å². The van der Waals surface area contributed by atoms with Gasteiger partial charge in [0.2, 0.25) is 0 Å². The molecule has 0 radical (unpaired) electrons. The number of benzene rings is 1. The average molecular weight is 509 g/mol. The van der Waals surface area contributed by atoms with Crippen molar-refractivity contribution in [2.24, 2.45) is 52.3 Å². The first kappa shape index (κ1) is 27.2. The topological polar surface area (TPSA) is 46.5 Å². The van der Waals surface area contributed by atoms with E-state index in [1.807, 2.05) is 30.3 Å². The van der Waals surface area contributed by atoms with E-state index in [0.717, 1.165) is 31.1 Å². The van der Waals surface area contributed by atoms with Crippen LogP contribution in [0.2, 0.25) is 0 Å². The van der Waals surface area contributed by atoms with E-state index >= 15 is 0 Å². The molecule has 0 aromatic heterocycles. The molecule has 0 bridgehead atoms. The molecular formula is C34H52O3. The van der Waals surface area contributed by atoms with E-state index in [4.69, 9.17) is 4.74 Å². The first-order valence-corrected chi connectivity index (χ1v) is 15.6. The molecule has 4 saturated carbocycles. The molecule has 1 aromatic carbocycles. The number of ether oxygens (including phenoxy) is 1. The second-order valence-corrected chi connectivity index (χ2v) is 14.4. The zero-order valence-corrected chi connectivity index (χ0v) is 24.1. The van der Waals surface area contributed by atoms with Gasteiger partial charge in [0.1, 0.15) is 6.10 Å². The molecule has 0 spiro atoms. The van der Waals surface area contributed by atoms with Gasteiger partial charge in [-0.15, -0.1) is 0 Å². The Bertz CT molecular complexity index is 926. The van der Waals surface area contributed by atoms with E-state index in [0.29, 0.717) is 46.0 Å². The van der Waals surface area contributed by atoms with E-state index in [1.54, 1.807) is 0 Å². The van der Waals surface area contributed by atoms with Crippen molar-refractivity contribution in [2.45, 2.75) is 117 Å². The van der Waals surface area contributed by atoms with Crippen molar-refractivity contribution >= 4 is 5.97 Å². The normalized spacial score (nSPS) is 40.8. The van der Waals surface area contributed by atoms with Crippen LogP contribution in [0.5, 0.6) is 0 Å². The summed E-state index contributed by atoms with van der Waals surface area (Å²) in [7, 11) is 0. The van der Waals surface area contributed by atoms with Gasteiger partial charge in [-0.3, -0.25) is 0 Å². The minimum atomic E-state index is -0.195. The maximum Gasteiger partial charge on any atom is 0.338 e. The first-order valence-electron chi connectivity index (χ1n) is 15.6. The zero-order valence-electron chi connectivity index (χ0n) is 24.1. The van der Waals surface area contributed by atoms with E-state index < -0.39 is 0 Å². The Balaban J connectivity index is 1.24. The third-order valence-electron chi connectivity index (χ3n) is 12.3. The van der Waals surface area contributed by atoms with Crippen molar-refractivity contribution in [1.82, 2.24) is 0 Å². The number of carbonyl (C=O) groups excluding carboxylic acids is 1. The fourth-order valence-corrected chi connectivity index (χ4v) is 10.2. The second kappa shape index (κ2) is 10.7. The summed E-state index contributed by atoms with van der Waals surface area (Å²) in [4.78, 5) is 12.7. The number of aliphatic hydroxyl groups is 1. The summed E-state index contributed by atoms with van der Waals surface area (Å²) in [5.41, 5.74) is 1.44. The molecule has 0 aliphatic heterocycles. The fraction of sp³-hybridized carbons (Fsp3) is 0.794. The number of carbonyl (C=O) groups is 1. The number of hydrogen-bond donors (Lipinski definition) is 1. The number of rotatable bonds is 7. The predicted octanol–water partition coefficient (Wildman–Crippen LogP) is 8.30. The predicted molar refractivity (Wildman–Crippen MR) is 150 cm³/mol. The summed E-state index contributed by atoms with van der Waals surface area (Å²) >= 11 is 0. The Morgan fingerprint density at radius 2 is 1.68 bits per heavy atom. The van der Waals surface area contributed by atoms with Gasteiger partial charge in [0.05, 0.1) is 11.7 Å². The van der Waals surface area contributed by atoms with Crippen LogP contribution >= 0.6 is 0 Å². The van der Waals surface area contributed by atoms with Gasteiger partial charge in [0.15, 0.2) is 0 Å². The number of hydrogen-bond acceptors (Lipinski definition) is 3. The number of fused-ring (bicyclic) bond motifs is 5. The third kappa shape index (κ3) is 4.92. The Morgan fingerprint density at radius 3 is 2.41 bits per heavy atom. The van der Waals surface area contributed by atoms with Gasteiger partial charge >= 0.3 is 5.97 Å². The standard InChI is InChI=1S/C34H52O3/c1-22(2)30(37-32(36)24-11-7-6-8-12-24)17-14-23(3)26-15-16-27-31-28(18-20-34(26,27)5)33(4)19-10-9-13-25(33)21-29(31)35/h6-8,11-12,22-23,25-31,35H,9-10,13-21H2,1-5H3/t23?,25?,26?,27?,28?,29-,30-,31?,33+,34-/m1/s1. The summed E-state index contributed by atoms with van der Waals surface area (Å²) < 4.78 is 6.02. The van der Waals surface area contributed by atoms with E-state index in [2.05, 4.69) is 34.6 Å². The molecule has 206 valence electrons. The van der Waals surface area contributed by atoms with E-state index in [9.17, 15) is 9.90 Å². The monoisotopic (exact) mass is 508 g/mol. The van der Waals surface area contributed by atoms with Crippen molar-refractivity contribution in [2.75, 3.05) is 0 Å². The largest absolute Gasteiger partial charge is 0.459 e. The van der Waals surface area contributed by atoms with Crippen molar-refractivity contribution in [3.05, 3.63) is 35.9 Å². The van der Waals surface area contributed by atoms with Gasteiger partial charge in [-0.25, -0.2) is 4.79 Å². The first-order chi connectivity index (χ1) is 17.6. The maximum absolute atomic E-state index is 12.7. The van der Waals surface area contributed by atoms with Crippen LogP contribution in [-0.2, 0) is 4.74 Å². The van der Waals surface area contributed by atoms with Gasteiger partial charge in [0.25, 0.3) is 0 Å². The van der Waals surface area contributed by atoms with Gasteiger partial charge in [-0.05, 0) is 122 Å². The van der Waals surface area contributed by atoms with Crippen LogP contribution < -0.4 is 0 Å². The minimum absolute atomic E-state index is 0.0424. The van der Waals surface area contributed by atoms with Crippen LogP contribution in [-0.4, -0.2) is 23.3 Å². The van der Waals surface area contributed by atoms with Gasteiger partial charge < -0.3 is 9.84 Å². The van der Waals surface area contributed by atoms with Crippen LogP contribution in [0.1, 0.15) is 116 Å². The van der Waals surface area contributed by atoms with Crippen molar-refractivity contribution in [3.63, 3.8) is 0 Å². The molecule has 5 rings (SSSR count). The Labute approximate surface area is 226 Å². The van der Waals surface area contributed by atoms with E-state index in [1.165, 1.54) is 51.4 Å². The number of aliphatic hydroxyl groups excluding tert-OH is 1. The summed E-state index contributed by atoms with van der Waals surface area (Å²) in [6, 6.07) is 9.41. The summed E-state index contributed by atoms with van der Waals surface area (Å²) in [6.07, 6.45) is 13.7. The highest BCUT2D eigenvalue weighted by Gasteiger charge is 2.62. The lowest BCUT2D eigenvalue weighted by Gasteiger charge is -2.62. The van der Waals surface area contributed by atoms with E-state index in [-0.39, 0.29) is 18.2 Å². The van der Waals surface area contributed by atoms with Crippen LogP contribution in [0, 0.1) is 52.3 Å². The highest BCUT2D eigenvalue weighted by Crippen LogP contribution is 2.68. The van der Waals surface area contributed by atoms with Crippen molar-refractivity contribution in [3.8, 4) is 0 Å². The summed E-state index contributed by atoms with van der Waals surface area (Å²) in [5, 5.41) is 11.5. The SMILES string of the molecule is CC(CC[C@@H](OC(=O)c1ccccc1)C(C)C)C1CCC2C3C(CC[C@]12C)[C@@]1(C)CCCCC1C[C@H]3O. The van der Waals surface area contributed by atoms with Crippen molar-refractivity contribution in [1.29, 1.82) is 0 Å². The molecule has 4 fully saturated rings. The lowest BCUT2D eigenvalue weighted by atomic mass is 9.44. The van der Waals surface area contributed by atoms with Crippen LogP contribution in [0.3, 0.4) is 0 Å². The van der Waals surface area contributed by atoms with Crippen LogP contribution in [0.4, 0.5) is 0 Å². The average Bonchev–Trinajstić information content (AvgIpc) is 3.24. The molecule has 0 saturated heterocycles. The molecule has 1 N–H and O–H groups in total. The zero-order chi connectivity index (χ0) is 26.4. The highest BCUT2D eigenvalue weighted by molar-refractivity contribution is 5.89. The van der Waals surface area contributed by atoms with Gasteiger partial charge in [-0.2, -0.15) is 0 Å². The minimum Gasteiger partial charge on any atom is -0.459 e. The molecule has 4 aliphatic rings. The molecule has 3 heteroatoms. The van der Waals surface area contributed by atoms with Gasteiger partial charge in [-0.1, -0.05) is 65.7 Å². The molecule has 4 aliphatic carbocycles. The molecule has 3 nitrogen and oxygen atoms in total. The molecule has 1 aromatic rings. The molecule has 0 heterocycles. The quantitative estimate of drug-likeness (QED) is 0.377. The van der Waals surface area contributed by atoms with Gasteiger partial charge in [0, 0.05) is 0 Å². The fourth-order valence-electron chi connectivity index (χ4n) is 10.2. The second-order valence-electron chi connectivity index (χ2n) is 14.4. The molecule has 37 heavy (non-hydrogen) atoms. The Hall–Kier alpha value is -1.35. The lowest BCUT2D eigenvalue weighted by molar-refractivity contribution is -0.164. The Kier molecular flexibility index (Phi) is 7.85. The molecule has 0 amide bonds. The third-order valence-corrected chi connectivity index (χ3v) is 12.3. The molecular weight excluding hydrogens is 456 g/mol. The lowest BCUT2D eigenvalue weighted by Crippen LogP contribution is -2.57. The highest BCUT2D eigenvalue weighted by atomic mass is 16.5. The number of esters is 1. The molecule has 10 atom stereocenters. The van der Waals surface area contributed by atoms with Crippen LogP contribution in [0.15, 0.2) is 30.3 Å². The molecule has 6 unspecified atom stereocenters. The maximum atomic E-state index is 12.7. The smallest absolute Gasteiger partial charge is 0.338 e. The summed E-state index contributed by atoms with van der Waals surface area (Å²) in [6.45, 7) is 12.0. The Morgan fingerprint density at radius 1 is 0.946 bits per heavy atom.